The molecule has 5 nitrogen and oxygen atoms in total. The Bertz CT molecular complexity index is 461. The van der Waals surface area contributed by atoms with Gasteiger partial charge in [-0.15, -0.1) is 0 Å². The van der Waals surface area contributed by atoms with Crippen molar-refractivity contribution in [3.05, 3.63) is 35.4 Å². The second-order valence-electron chi connectivity index (χ2n) is 5.04. The fourth-order valence-electron chi connectivity index (χ4n) is 2.09. The van der Waals surface area contributed by atoms with Crippen LogP contribution in [0.5, 0.6) is 0 Å². The number of carboxylic acids is 1. The fourth-order valence-corrected chi connectivity index (χ4v) is 2.09. The maximum atomic E-state index is 12.0. The monoisotopic (exact) mass is 292 g/mol. The van der Waals surface area contributed by atoms with Gasteiger partial charge in [0, 0.05) is 25.1 Å². The average Bonchev–Trinajstić information content (AvgIpc) is 2.46. The molecule has 0 saturated heterocycles. The highest BCUT2D eigenvalue weighted by molar-refractivity contribution is 5.94. The number of carboxylic acid groups (broad SMARTS) is 1. The molecule has 1 amide bonds. The van der Waals surface area contributed by atoms with E-state index in [0.717, 1.165) is 31.4 Å². The summed E-state index contributed by atoms with van der Waals surface area (Å²) in [5.41, 5.74) is 1.76. The number of hydrogen-bond acceptors (Lipinski definition) is 3. The molecule has 0 fully saturated rings. The van der Waals surface area contributed by atoms with Crippen molar-refractivity contribution < 1.29 is 14.7 Å². The molecular formula is C16H24N2O3. The molecule has 0 saturated carbocycles. The summed E-state index contributed by atoms with van der Waals surface area (Å²) in [5, 5.41) is 14.5. The fraction of sp³-hybridized carbons (Fsp3) is 0.500. The highest BCUT2D eigenvalue weighted by Gasteiger charge is 2.05. The summed E-state index contributed by atoms with van der Waals surface area (Å²) < 4.78 is 0. The first-order valence-corrected chi connectivity index (χ1v) is 7.37. The van der Waals surface area contributed by atoms with Crippen molar-refractivity contribution in [2.45, 2.75) is 38.6 Å². The van der Waals surface area contributed by atoms with Crippen LogP contribution in [0.25, 0.3) is 0 Å². The molecule has 0 atom stereocenters. The molecule has 116 valence electrons. The highest BCUT2D eigenvalue weighted by Crippen LogP contribution is 2.06. The SMILES string of the molecule is CNCc1cccc(C(=O)NCCCCCCC(=O)O)c1. The first kappa shape index (κ1) is 17.2. The van der Waals surface area contributed by atoms with Crippen molar-refractivity contribution in [1.29, 1.82) is 0 Å². The van der Waals surface area contributed by atoms with Crippen molar-refractivity contribution in [1.82, 2.24) is 10.6 Å². The summed E-state index contributed by atoms with van der Waals surface area (Å²) in [5.74, 6) is -0.803. The smallest absolute Gasteiger partial charge is 0.303 e. The van der Waals surface area contributed by atoms with Gasteiger partial charge in [0.2, 0.25) is 0 Å². The summed E-state index contributed by atoms with van der Waals surface area (Å²) in [6.45, 7) is 1.37. The van der Waals surface area contributed by atoms with E-state index in [2.05, 4.69) is 10.6 Å². The Morgan fingerprint density at radius 3 is 2.62 bits per heavy atom. The predicted molar refractivity (Wildman–Crippen MR) is 82.3 cm³/mol. The number of unbranched alkanes of at least 4 members (excludes halogenated alkanes) is 3. The zero-order valence-corrected chi connectivity index (χ0v) is 12.5. The zero-order chi connectivity index (χ0) is 15.5. The van der Waals surface area contributed by atoms with Crippen LogP contribution in [-0.2, 0) is 11.3 Å². The minimum atomic E-state index is -0.746. The lowest BCUT2D eigenvalue weighted by Crippen LogP contribution is -2.24. The molecule has 0 heterocycles. The Kier molecular flexibility index (Phi) is 8.12. The van der Waals surface area contributed by atoms with Gasteiger partial charge in [-0.05, 0) is 37.6 Å². The van der Waals surface area contributed by atoms with Crippen molar-refractivity contribution >= 4 is 11.9 Å². The Labute approximate surface area is 125 Å². The van der Waals surface area contributed by atoms with E-state index in [1.54, 1.807) is 6.07 Å². The maximum absolute atomic E-state index is 12.0. The minimum absolute atomic E-state index is 0.0570. The van der Waals surface area contributed by atoms with Gasteiger partial charge in [-0.3, -0.25) is 9.59 Å². The molecule has 0 spiro atoms. The lowest BCUT2D eigenvalue weighted by Gasteiger charge is -2.07. The molecule has 1 aromatic carbocycles. The van der Waals surface area contributed by atoms with Gasteiger partial charge in [-0.2, -0.15) is 0 Å². The molecule has 21 heavy (non-hydrogen) atoms. The maximum Gasteiger partial charge on any atom is 0.303 e. The first-order valence-electron chi connectivity index (χ1n) is 7.37. The van der Waals surface area contributed by atoms with E-state index in [1.165, 1.54) is 0 Å². The molecule has 3 N–H and O–H groups in total. The zero-order valence-electron chi connectivity index (χ0n) is 12.5. The average molecular weight is 292 g/mol. The highest BCUT2D eigenvalue weighted by atomic mass is 16.4. The third-order valence-corrected chi connectivity index (χ3v) is 3.17. The normalized spacial score (nSPS) is 10.3. The Morgan fingerprint density at radius 1 is 1.14 bits per heavy atom. The Balaban J connectivity index is 2.21. The largest absolute Gasteiger partial charge is 0.481 e. The van der Waals surface area contributed by atoms with Crippen LogP contribution in [0, 0.1) is 0 Å². The topological polar surface area (TPSA) is 78.4 Å². The number of carbonyl (C=O) groups is 2. The van der Waals surface area contributed by atoms with Gasteiger partial charge in [0.15, 0.2) is 0 Å². The molecule has 5 heteroatoms. The van der Waals surface area contributed by atoms with E-state index in [9.17, 15) is 9.59 Å². The molecule has 0 radical (unpaired) electrons. The van der Waals surface area contributed by atoms with E-state index >= 15 is 0 Å². The summed E-state index contributed by atoms with van der Waals surface area (Å²) in [6.07, 6.45) is 3.63. The van der Waals surface area contributed by atoms with Gasteiger partial charge in [-0.25, -0.2) is 0 Å². The summed E-state index contributed by atoms with van der Waals surface area (Å²) in [6, 6.07) is 7.56. The van der Waals surface area contributed by atoms with E-state index in [1.807, 2.05) is 25.2 Å². The molecule has 0 unspecified atom stereocenters. The number of benzene rings is 1. The van der Waals surface area contributed by atoms with Gasteiger partial charge in [0.1, 0.15) is 0 Å². The number of amides is 1. The van der Waals surface area contributed by atoms with Crippen LogP contribution in [-0.4, -0.2) is 30.6 Å². The Morgan fingerprint density at radius 2 is 1.90 bits per heavy atom. The molecule has 0 aliphatic heterocycles. The number of aliphatic carboxylic acids is 1. The van der Waals surface area contributed by atoms with Crippen LogP contribution in [0.4, 0.5) is 0 Å². The molecule has 0 bridgehead atoms. The standard InChI is InChI=1S/C16H24N2O3/c1-17-12-13-7-6-8-14(11-13)16(21)18-10-5-3-2-4-9-15(19)20/h6-8,11,17H,2-5,9-10,12H2,1H3,(H,18,21)(H,19,20). The van der Waals surface area contributed by atoms with E-state index < -0.39 is 5.97 Å². The lowest BCUT2D eigenvalue weighted by atomic mass is 10.1. The molecule has 0 aliphatic rings. The lowest BCUT2D eigenvalue weighted by molar-refractivity contribution is -0.137. The second kappa shape index (κ2) is 9.94. The molecule has 1 rings (SSSR count). The van der Waals surface area contributed by atoms with Gasteiger partial charge >= 0.3 is 5.97 Å². The van der Waals surface area contributed by atoms with Crippen LogP contribution in [0.15, 0.2) is 24.3 Å². The Hall–Kier alpha value is -1.88. The number of nitrogens with one attached hydrogen (secondary N) is 2. The van der Waals surface area contributed by atoms with Crippen molar-refractivity contribution in [3.63, 3.8) is 0 Å². The van der Waals surface area contributed by atoms with Crippen molar-refractivity contribution in [3.8, 4) is 0 Å². The minimum Gasteiger partial charge on any atom is -0.481 e. The van der Waals surface area contributed by atoms with E-state index in [4.69, 9.17) is 5.11 Å². The van der Waals surface area contributed by atoms with Gasteiger partial charge in [0.25, 0.3) is 5.91 Å². The number of rotatable bonds is 10. The molecule has 1 aromatic rings. The number of hydrogen-bond donors (Lipinski definition) is 3. The molecule has 0 aliphatic carbocycles. The van der Waals surface area contributed by atoms with Crippen molar-refractivity contribution in [2.75, 3.05) is 13.6 Å². The van der Waals surface area contributed by atoms with Crippen LogP contribution < -0.4 is 10.6 Å². The molecule has 0 aromatic heterocycles. The predicted octanol–water partition coefficient (Wildman–Crippen LogP) is 2.17. The van der Waals surface area contributed by atoms with Crippen LogP contribution in [0.1, 0.15) is 48.0 Å². The second-order valence-corrected chi connectivity index (χ2v) is 5.04. The van der Waals surface area contributed by atoms with Crippen LogP contribution >= 0.6 is 0 Å². The number of carbonyl (C=O) groups excluding carboxylic acids is 1. The van der Waals surface area contributed by atoms with Gasteiger partial charge in [0.05, 0.1) is 0 Å². The third kappa shape index (κ3) is 7.46. The van der Waals surface area contributed by atoms with Crippen LogP contribution in [0.2, 0.25) is 0 Å². The van der Waals surface area contributed by atoms with E-state index in [0.29, 0.717) is 18.5 Å². The molecular weight excluding hydrogens is 268 g/mol. The van der Waals surface area contributed by atoms with Gasteiger partial charge in [-0.1, -0.05) is 25.0 Å². The van der Waals surface area contributed by atoms with Gasteiger partial charge < -0.3 is 15.7 Å². The first-order chi connectivity index (χ1) is 10.1. The summed E-state index contributed by atoms with van der Waals surface area (Å²) in [7, 11) is 1.87. The summed E-state index contributed by atoms with van der Waals surface area (Å²) in [4.78, 5) is 22.3. The van der Waals surface area contributed by atoms with Crippen LogP contribution in [0.3, 0.4) is 0 Å². The van der Waals surface area contributed by atoms with E-state index in [-0.39, 0.29) is 12.3 Å². The van der Waals surface area contributed by atoms with Crippen molar-refractivity contribution in [2.24, 2.45) is 0 Å². The quantitative estimate of drug-likeness (QED) is 0.578. The third-order valence-electron chi connectivity index (χ3n) is 3.17. The summed E-state index contributed by atoms with van der Waals surface area (Å²) >= 11 is 0.